The molecule has 0 aliphatic rings. The Morgan fingerprint density at radius 3 is 2.62 bits per heavy atom. The molecule has 1 heterocycles. The van der Waals surface area contributed by atoms with E-state index in [0.29, 0.717) is 0 Å². The van der Waals surface area contributed by atoms with E-state index >= 15 is 0 Å². The second kappa shape index (κ2) is 8.14. The first-order valence-electron chi connectivity index (χ1n) is 6.44. The average Bonchev–Trinajstić information content (AvgIpc) is 2.29. The highest BCUT2D eigenvalue weighted by Gasteiger charge is 1.95. The third kappa shape index (κ3) is 6.44. The van der Waals surface area contributed by atoms with Gasteiger partial charge in [-0.2, -0.15) is 0 Å². The fourth-order valence-corrected chi connectivity index (χ4v) is 1.71. The van der Waals surface area contributed by atoms with Crippen molar-refractivity contribution in [3.8, 4) is 0 Å². The van der Waals surface area contributed by atoms with Crippen LogP contribution in [0.15, 0.2) is 24.4 Å². The molecule has 2 nitrogen and oxygen atoms in total. The first-order chi connectivity index (χ1) is 7.79. The third-order valence-corrected chi connectivity index (χ3v) is 2.68. The van der Waals surface area contributed by atoms with Gasteiger partial charge >= 0.3 is 0 Å². The third-order valence-electron chi connectivity index (χ3n) is 2.68. The number of hydrogen-bond donors (Lipinski definition) is 1. The maximum Gasteiger partial charge on any atom is 0.125 e. The minimum atomic E-state index is 0.853. The summed E-state index contributed by atoms with van der Waals surface area (Å²) in [6.45, 7) is 5.63. The maximum atomic E-state index is 4.22. The number of aromatic nitrogens is 1. The predicted molar refractivity (Wildman–Crippen MR) is 70.6 cm³/mol. The SMILES string of the molecule is CC(C)CCCCCCNc1ccccn1. The molecule has 0 atom stereocenters. The molecule has 16 heavy (non-hydrogen) atoms. The lowest BCUT2D eigenvalue weighted by molar-refractivity contribution is 0.523. The van der Waals surface area contributed by atoms with Gasteiger partial charge in [0.15, 0.2) is 0 Å². The normalized spacial score (nSPS) is 10.7. The Balaban J connectivity index is 1.93. The van der Waals surface area contributed by atoms with E-state index in [-0.39, 0.29) is 0 Å². The van der Waals surface area contributed by atoms with Crippen LogP contribution in [0.25, 0.3) is 0 Å². The fourth-order valence-electron chi connectivity index (χ4n) is 1.71. The molecular weight excluding hydrogens is 196 g/mol. The highest BCUT2D eigenvalue weighted by atomic mass is 15.0. The Morgan fingerprint density at radius 2 is 1.94 bits per heavy atom. The van der Waals surface area contributed by atoms with Crippen LogP contribution in [0.1, 0.15) is 46.0 Å². The lowest BCUT2D eigenvalue weighted by atomic mass is 10.0. The Morgan fingerprint density at radius 1 is 1.12 bits per heavy atom. The van der Waals surface area contributed by atoms with Crippen LogP contribution in [0.4, 0.5) is 5.82 Å². The molecule has 1 rings (SSSR count). The molecule has 0 bridgehead atoms. The van der Waals surface area contributed by atoms with Gasteiger partial charge < -0.3 is 5.32 Å². The molecule has 0 saturated heterocycles. The van der Waals surface area contributed by atoms with Crippen molar-refractivity contribution in [2.45, 2.75) is 46.0 Å². The van der Waals surface area contributed by atoms with Crippen LogP contribution in [-0.4, -0.2) is 11.5 Å². The molecule has 0 aliphatic carbocycles. The van der Waals surface area contributed by atoms with Crippen molar-refractivity contribution in [2.24, 2.45) is 5.92 Å². The number of nitrogens with zero attached hydrogens (tertiary/aromatic N) is 1. The van der Waals surface area contributed by atoms with E-state index in [1.165, 1.54) is 32.1 Å². The predicted octanol–water partition coefficient (Wildman–Crippen LogP) is 4.10. The van der Waals surface area contributed by atoms with E-state index in [4.69, 9.17) is 0 Å². The van der Waals surface area contributed by atoms with Gasteiger partial charge in [0, 0.05) is 12.7 Å². The number of nitrogens with one attached hydrogen (secondary N) is 1. The molecule has 0 aliphatic heterocycles. The topological polar surface area (TPSA) is 24.9 Å². The number of unbranched alkanes of at least 4 members (excludes halogenated alkanes) is 3. The maximum absolute atomic E-state index is 4.22. The van der Waals surface area contributed by atoms with Gasteiger partial charge in [0.25, 0.3) is 0 Å². The number of rotatable bonds is 8. The summed E-state index contributed by atoms with van der Waals surface area (Å²) in [6.07, 6.45) is 8.50. The van der Waals surface area contributed by atoms with Gasteiger partial charge in [-0.15, -0.1) is 0 Å². The molecule has 0 unspecified atom stereocenters. The summed E-state index contributed by atoms with van der Waals surface area (Å²) in [5.41, 5.74) is 0. The van der Waals surface area contributed by atoms with Crippen molar-refractivity contribution in [1.82, 2.24) is 4.98 Å². The van der Waals surface area contributed by atoms with E-state index in [0.717, 1.165) is 18.3 Å². The Hall–Kier alpha value is -1.05. The molecule has 0 saturated carbocycles. The highest BCUT2D eigenvalue weighted by molar-refractivity contribution is 5.32. The molecule has 90 valence electrons. The van der Waals surface area contributed by atoms with Gasteiger partial charge in [0.05, 0.1) is 0 Å². The summed E-state index contributed by atoms with van der Waals surface area (Å²) in [6, 6.07) is 5.97. The minimum Gasteiger partial charge on any atom is -0.370 e. The van der Waals surface area contributed by atoms with Gasteiger partial charge in [0.1, 0.15) is 5.82 Å². The molecule has 1 aromatic heterocycles. The van der Waals surface area contributed by atoms with Crippen LogP contribution in [0.3, 0.4) is 0 Å². The van der Waals surface area contributed by atoms with Crippen LogP contribution in [0.2, 0.25) is 0 Å². The lowest BCUT2D eigenvalue weighted by Gasteiger charge is -2.06. The minimum absolute atomic E-state index is 0.853. The van der Waals surface area contributed by atoms with Crippen molar-refractivity contribution in [3.05, 3.63) is 24.4 Å². The molecule has 1 N–H and O–H groups in total. The van der Waals surface area contributed by atoms with Gasteiger partial charge in [-0.25, -0.2) is 4.98 Å². The van der Waals surface area contributed by atoms with Crippen LogP contribution in [-0.2, 0) is 0 Å². The summed E-state index contributed by atoms with van der Waals surface area (Å²) in [4.78, 5) is 4.22. The molecule has 0 fully saturated rings. The Bertz CT molecular complexity index is 257. The zero-order valence-electron chi connectivity index (χ0n) is 10.6. The molecule has 0 amide bonds. The van der Waals surface area contributed by atoms with Gasteiger partial charge in [-0.3, -0.25) is 0 Å². The summed E-state index contributed by atoms with van der Waals surface area (Å²) < 4.78 is 0. The Kier molecular flexibility index (Phi) is 6.62. The summed E-state index contributed by atoms with van der Waals surface area (Å²) in [5, 5.41) is 3.33. The highest BCUT2D eigenvalue weighted by Crippen LogP contribution is 2.09. The number of hydrogen-bond acceptors (Lipinski definition) is 2. The lowest BCUT2D eigenvalue weighted by Crippen LogP contribution is -2.02. The van der Waals surface area contributed by atoms with E-state index in [1.54, 1.807) is 0 Å². The molecule has 0 radical (unpaired) electrons. The summed E-state index contributed by atoms with van der Waals surface area (Å²) in [5.74, 6) is 1.84. The largest absolute Gasteiger partial charge is 0.370 e. The standard InChI is InChI=1S/C14H24N2/c1-13(2)9-5-3-4-7-11-15-14-10-6-8-12-16-14/h6,8,10,12-13H,3-5,7,9,11H2,1-2H3,(H,15,16). The molecule has 0 aromatic carbocycles. The van der Waals surface area contributed by atoms with Crippen molar-refractivity contribution in [3.63, 3.8) is 0 Å². The van der Waals surface area contributed by atoms with Crippen molar-refractivity contribution in [2.75, 3.05) is 11.9 Å². The Labute approximate surface area is 99.5 Å². The van der Waals surface area contributed by atoms with Crippen molar-refractivity contribution in [1.29, 1.82) is 0 Å². The molecule has 1 aromatic rings. The van der Waals surface area contributed by atoms with E-state index in [2.05, 4.69) is 24.1 Å². The monoisotopic (exact) mass is 220 g/mol. The van der Waals surface area contributed by atoms with Crippen LogP contribution >= 0.6 is 0 Å². The van der Waals surface area contributed by atoms with Crippen LogP contribution < -0.4 is 5.32 Å². The quantitative estimate of drug-likeness (QED) is 0.667. The fraction of sp³-hybridized carbons (Fsp3) is 0.643. The van der Waals surface area contributed by atoms with E-state index in [1.807, 2.05) is 24.4 Å². The van der Waals surface area contributed by atoms with E-state index in [9.17, 15) is 0 Å². The first kappa shape index (κ1) is 13.0. The first-order valence-corrected chi connectivity index (χ1v) is 6.44. The van der Waals surface area contributed by atoms with Crippen LogP contribution in [0.5, 0.6) is 0 Å². The van der Waals surface area contributed by atoms with Crippen molar-refractivity contribution >= 4 is 5.82 Å². The molecular formula is C14H24N2. The van der Waals surface area contributed by atoms with Crippen LogP contribution in [0, 0.1) is 5.92 Å². The van der Waals surface area contributed by atoms with Gasteiger partial charge in [-0.05, 0) is 24.5 Å². The smallest absolute Gasteiger partial charge is 0.125 e. The number of anilines is 1. The number of pyridine rings is 1. The average molecular weight is 220 g/mol. The molecule has 2 heteroatoms. The van der Waals surface area contributed by atoms with Gasteiger partial charge in [-0.1, -0.05) is 45.6 Å². The second-order valence-corrected chi connectivity index (χ2v) is 4.74. The van der Waals surface area contributed by atoms with E-state index < -0.39 is 0 Å². The molecule has 0 spiro atoms. The zero-order valence-corrected chi connectivity index (χ0v) is 10.6. The second-order valence-electron chi connectivity index (χ2n) is 4.74. The van der Waals surface area contributed by atoms with Crippen molar-refractivity contribution < 1.29 is 0 Å². The van der Waals surface area contributed by atoms with Gasteiger partial charge in [0.2, 0.25) is 0 Å². The summed E-state index contributed by atoms with van der Waals surface area (Å²) >= 11 is 0. The summed E-state index contributed by atoms with van der Waals surface area (Å²) in [7, 11) is 0. The zero-order chi connectivity index (χ0) is 11.6.